The number of thioether (sulfide) groups is 1. The lowest BCUT2D eigenvalue weighted by atomic mass is 10.1. The number of fused-ring (bicyclic) bond motifs is 1. The highest BCUT2D eigenvalue weighted by atomic mass is 32.2. The fourth-order valence-electron chi connectivity index (χ4n) is 2.86. The third-order valence-electron chi connectivity index (χ3n) is 4.07. The van der Waals surface area contributed by atoms with Gasteiger partial charge in [0.05, 0.1) is 11.7 Å². The molecule has 2 aromatic rings. The zero-order chi connectivity index (χ0) is 18.4. The number of esters is 1. The number of carbonyl (C=O) groups is 2. The van der Waals surface area contributed by atoms with Crippen molar-refractivity contribution in [3.8, 4) is 0 Å². The highest BCUT2D eigenvalue weighted by Gasteiger charge is 2.32. The lowest BCUT2D eigenvalue weighted by molar-refractivity contribution is -0.152. The first-order chi connectivity index (χ1) is 12.7. The molecule has 0 radical (unpaired) electrons. The summed E-state index contributed by atoms with van der Waals surface area (Å²) in [5.41, 5.74) is 1.91. The van der Waals surface area contributed by atoms with Gasteiger partial charge in [0.1, 0.15) is 6.61 Å². The van der Waals surface area contributed by atoms with Gasteiger partial charge < -0.3 is 9.47 Å². The number of rotatable bonds is 6. The molecule has 5 nitrogen and oxygen atoms in total. The van der Waals surface area contributed by atoms with Crippen LogP contribution in [-0.2, 0) is 19.1 Å². The Labute approximate surface area is 157 Å². The van der Waals surface area contributed by atoms with E-state index in [4.69, 9.17) is 9.47 Å². The van der Waals surface area contributed by atoms with E-state index in [0.717, 1.165) is 21.9 Å². The molecule has 6 heteroatoms. The van der Waals surface area contributed by atoms with Crippen LogP contribution >= 0.6 is 11.8 Å². The van der Waals surface area contributed by atoms with Gasteiger partial charge in [0.15, 0.2) is 6.61 Å². The van der Waals surface area contributed by atoms with Crippen LogP contribution in [0, 0.1) is 0 Å². The molecule has 0 spiro atoms. The molecule has 136 valence electrons. The summed E-state index contributed by atoms with van der Waals surface area (Å²) in [5.74, 6) is -0.0211. The van der Waals surface area contributed by atoms with Crippen LogP contribution in [0.15, 0.2) is 59.5 Å². The number of hydrogen-bond donors (Lipinski definition) is 0. The van der Waals surface area contributed by atoms with E-state index in [1.54, 1.807) is 23.6 Å². The van der Waals surface area contributed by atoms with Gasteiger partial charge in [0, 0.05) is 17.3 Å². The maximum Gasteiger partial charge on any atom is 0.332 e. The minimum absolute atomic E-state index is 0.103. The molecule has 26 heavy (non-hydrogen) atoms. The second-order valence-corrected chi connectivity index (χ2v) is 6.83. The molecule has 0 aliphatic carbocycles. The second kappa shape index (κ2) is 8.87. The third kappa shape index (κ3) is 4.26. The summed E-state index contributed by atoms with van der Waals surface area (Å²) < 4.78 is 10.1. The average Bonchev–Trinajstić information content (AvgIpc) is 2.70. The predicted octanol–water partition coefficient (Wildman–Crippen LogP) is 3.45. The summed E-state index contributed by atoms with van der Waals surface area (Å²) >= 11 is 1.73. The number of benzene rings is 2. The van der Waals surface area contributed by atoms with Gasteiger partial charge in [-0.15, -0.1) is 11.8 Å². The number of nitrogens with zero attached hydrogens (tertiary/aromatic N) is 1. The number of hydrogen-bond acceptors (Lipinski definition) is 5. The molecule has 0 bridgehead atoms. The Kier molecular flexibility index (Phi) is 6.30. The summed E-state index contributed by atoms with van der Waals surface area (Å²) in [4.78, 5) is 27.4. The molecule has 1 atom stereocenters. The molecule has 1 aliphatic heterocycles. The van der Waals surface area contributed by atoms with Crippen molar-refractivity contribution < 1.29 is 19.1 Å². The molecular weight excluding hydrogens is 350 g/mol. The van der Waals surface area contributed by atoms with Crippen LogP contribution in [0.3, 0.4) is 0 Å². The number of ether oxygens (including phenoxy) is 2. The SMILES string of the molecule is CCOCC(=O)OCC(=O)N1c2ccccc2SC[C@@H]1c1ccccc1. The van der Waals surface area contributed by atoms with Gasteiger partial charge in [-0.05, 0) is 24.6 Å². The predicted molar refractivity (Wildman–Crippen MR) is 101 cm³/mol. The molecule has 3 rings (SSSR count). The zero-order valence-electron chi connectivity index (χ0n) is 14.6. The van der Waals surface area contributed by atoms with Gasteiger partial charge in [-0.3, -0.25) is 9.69 Å². The van der Waals surface area contributed by atoms with E-state index in [-0.39, 0.29) is 25.2 Å². The monoisotopic (exact) mass is 371 g/mol. The summed E-state index contributed by atoms with van der Waals surface area (Å²) in [6, 6.07) is 17.6. The van der Waals surface area contributed by atoms with E-state index in [1.807, 2.05) is 54.6 Å². The van der Waals surface area contributed by atoms with E-state index >= 15 is 0 Å². The number of carbonyl (C=O) groups excluding carboxylic acids is 2. The Morgan fingerprint density at radius 2 is 1.81 bits per heavy atom. The summed E-state index contributed by atoms with van der Waals surface area (Å²) in [6.07, 6.45) is 0. The molecule has 1 amide bonds. The van der Waals surface area contributed by atoms with Crippen LogP contribution < -0.4 is 4.90 Å². The largest absolute Gasteiger partial charge is 0.454 e. The van der Waals surface area contributed by atoms with Crippen molar-refractivity contribution in [2.75, 3.05) is 30.5 Å². The minimum atomic E-state index is -0.531. The molecule has 0 unspecified atom stereocenters. The molecule has 0 N–H and O–H groups in total. The Morgan fingerprint density at radius 1 is 1.08 bits per heavy atom. The molecule has 0 aromatic heterocycles. The van der Waals surface area contributed by atoms with Crippen molar-refractivity contribution >= 4 is 29.3 Å². The summed E-state index contributed by atoms with van der Waals surface area (Å²) in [6.45, 7) is 1.79. The Morgan fingerprint density at radius 3 is 2.58 bits per heavy atom. The standard InChI is InChI=1S/C20H21NO4S/c1-2-24-13-20(23)25-12-19(22)21-16-10-6-7-11-18(16)26-14-17(21)15-8-4-3-5-9-15/h3-11,17H,2,12-14H2,1H3/t17-/m1/s1. The highest BCUT2D eigenvalue weighted by Crippen LogP contribution is 2.43. The van der Waals surface area contributed by atoms with Gasteiger partial charge in [-0.2, -0.15) is 0 Å². The molecule has 0 saturated carbocycles. The van der Waals surface area contributed by atoms with Crippen LogP contribution in [0.2, 0.25) is 0 Å². The first-order valence-electron chi connectivity index (χ1n) is 8.53. The van der Waals surface area contributed by atoms with Crippen molar-refractivity contribution in [1.29, 1.82) is 0 Å². The zero-order valence-corrected chi connectivity index (χ0v) is 15.4. The van der Waals surface area contributed by atoms with E-state index < -0.39 is 5.97 Å². The average molecular weight is 371 g/mol. The smallest absolute Gasteiger partial charge is 0.332 e. The fraction of sp³-hybridized carbons (Fsp3) is 0.300. The normalized spacial score (nSPS) is 16.0. The second-order valence-electron chi connectivity index (χ2n) is 5.77. The van der Waals surface area contributed by atoms with Crippen molar-refractivity contribution in [2.45, 2.75) is 17.9 Å². The lowest BCUT2D eigenvalue weighted by Crippen LogP contribution is -2.41. The van der Waals surface area contributed by atoms with Gasteiger partial charge >= 0.3 is 5.97 Å². The highest BCUT2D eigenvalue weighted by molar-refractivity contribution is 7.99. The first kappa shape index (κ1) is 18.5. The van der Waals surface area contributed by atoms with Gasteiger partial charge in [-0.25, -0.2) is 4.79 Å². The van der Waals surface area contributed by atoms with Crippen LogP contribution in [0.5, 0.6) is 0 Å². The Bertz CT molecular complexity index is 765. The molecule has 0 fully saturated rings. The van der Waals surface area contributed by atoms with E-state index in [9.17, 15) is 9.59 Å². The van der Waals surface area contributed by atoms with Crippen LogP contribution in [-0.4, -0.2) is 37.4 Å². The lowest BCUT2D eigenvalue weighted by Gasteiger charge is -2.37. The maximum absolute atomic E-state index is 12.9. The molecule has 1 aliphatic rings. The van der Waals surface area contributed by atoms with Crippen molar-refractivity contribution in [3.05, 3.63) is 60.2 Å². The van der Waals surface area contributed by atoms with Crippen molar-refractivity contribution in [3.63, 3.8) is 0 Å². The Hall–Kier alpha value is -2.31. The van der Waals surface area contributed by atoms with Gasteiger partial charge in [0.2, 0.25) is 0 Å². The topological polar surface area (TPSA) is 55.8 Å². The summed E-state index contributed by atoms with van der Waals surface area (Å²) in [7, 11) is 0. The minimum Gasteiger partial charge on any atom is -0.454 e. The fourth-order valence-corrected chi connectivity index (χ4v) is 4.02. The van der Waals surface area contributed by atoms with Gasteiger partial charge in [-0.1, -0.05) is 42.5 Å². The van der Waals surface area contributed by atoms with Crippen LogP contribution in [0.25, 0.3) is 0 Å². The number of para-hydroxylation sites is 1. The number of amides is 1. The molecule has 2 aromatic carbocycles. The summed E-state index contributed by atoms with van der Waals surface area (Å²) in [5, 5.41) is 0. The van der Waals surface area contributed by atoms with E-state index in [1.165, 1.54) is 0 Å². The molecular formula is C20H21NO4S. The van der Waals surface area contributed by atoms with Crippen LogP contribution in [0.4, 0.5) is 5.69 Å². The van der Waals surface area contributed by atoms with Crippen molar-refractivity contribution in [1.82, 2.24) is 0 Å². The van der Waals surface area contributed by atoms with E-state index in [2.05, 4.69) is 0 Å². The first-order valence-corrected chi connectivity index (χ1v) is 9.51. The Balaban J connectivity index is 1.81. The molecule has 1 heterocycles. The van der Waals surface area contributed by atoms with Crippen LogP contribution in [0.1, 0.15) is 18.5 Å². The molecule has 0 saturated heterocycles. The maximum atomic E-state index is 12.9. The van der Waals surface area contributed by atoms with Gasteiger partial charge in [0.25, 0.3) is 5.91 Å². The quantitative estimate of drug-likeness (QED) is 0.728. The third-order valence-corrected chi connectivity index (χ3v) is 5.21. The number of anilines is 1. The van der Waals surface area contributed by atoms with E-state index in [0.29, 0.717) is 6.61 Å². The van der Waals surface area contributed by atoms with Crippen molar-refractivity contribution in [2.24, 2.45) is 0 Å².